The van der Waals surface area contributed by atoms with Crippen LogP contribution >= 0.6 is 0 Å². The molecule has 1 aromatic rings. The van der Waals surface area contributed by atoms with Gasteiger partial charge in [0.15, 0.2) is 0 Å². The van der Waals surface area contributed by atoms with E-state index in [-0.39, 0.29) is 18.5 Å². The van der Waals surface area contributed by atoms with Crippen LogP contribution in [0, 0.1) is 0 Å². The first kappa shape index (κ1) is 13.7. The van der Waals surface area contributed by atoms with Gasteiger partial charge in [0, 0.05) is 0 Å². The normalized spacial score (nSPS) is 12.2. The first-order chi connectivity index (χ1) is 8.17. The van der Waals surface area contributed by atoms with Crippen molar-refractivity contribution >= 4 is 5.91 Å². The zero-order valence-corrected chi connectivity index (χ0v) is 10.7. The predicted molar refractivity (Wildman–Crippen MR) is 70.7 cm³/mol. The number of benzene rings is 1. The van der Waals surface area contributed by atoms with Crippen LogP contribution in [0.1, 0.15) is 43.9 Å². The van der Waals surface area contributed by atoms with Gasteiger partial charge in [0.2, 0.25) is 5.91 Å². The minimum absolute atomic E-state index is 0.0197. The third kappa shape index (κ3) is 4.57. The second kappa shape index (κ2) is 7.07. The van der Waals surface area contributed by atoms with Crippen LogP contribution in [0.5, 0.6) is 0 Å². The highest BCUT2D eigenvalue weighted by molar-refractivity contribution is 5.78. The molecule has 0 bridgehead atoms. The molecule has 0 spiro atoms. The quantitative estimate of drug-likeness (QED) is 0.792. The van der Waals surface area contributed by atoms with Crippen LogP contribution in [0.25, 0.3) is 0 Å². The van der Waals surface area contributed by atoms with Crippen LogP contribution in [-0.2, 0) is 11.2 Å². The maximum absolute atomic E-state index is 11.2. The van der Waals surface area contributed by atoms with Gasteiger partial charge < -0.3 is 11.1 Å². The van der Waals surface area contributed by atoms with Gasteiger partial charge in [-0.05, 0) is 30.9 Å². The molecule has 0 radical (unpaired) electrons. The van der Waals surface area contributed by atoms with Crippen molar-refractivity contribution in [1.82, 2.24) is 5.32 Å². The molecule has 1 aromatic carbocycles. The second-order valence-corrected chi connectivity index (χ2v) is 4.34. The number of aryl methyl sites for hydroxylation is 1. The van der Waals surface area contributed by atoms with E-state index in [9.17, 15) is 4.79 Å². The zero-order chi connectivity index (χ0) is 12.7. The summed E-state index contributed by atoms with van der Waals surface area (Å²) in [5, 5.41) is 2.84. The molecule has 1 amide bonds. The molecule has 0 saturated carbocycles. The van der Waals surface area contributed by atoms with Crippen LogP contribution in [0.2, 0.25) is 0 Å². The first-order valence-corrected chi connectivity index (χ1v) is 6.25. The lowest BCUT2D eigenvalue weighted by Crippen LogP contribution is -2.32. The van der Waals surface area contributed by atoms with Crippen molar-refractivity contribution in [2.75, 3.05) is 6.54 Å². The van der Waals surface area contributed by atoms with E-state index in [2.05, 4.69) is 36.5 Å². The van der Waals surface area contributed by atoms with E-state index < -0.39 is 0 Å². The number of hydrogen-bond donors (Lipinski definition) is 2. The number of rotatable bonds is 6. The SMILES string of the molecule is CCCCc1ccc(C(C)NC(=O)CN)cc1. The van der Waals surface area contributed by atoms with Gasteiger partial charge in [0.25, 0.3) is 0 Å². The molecule has 0 aliphatic rings. The maximum atomic E-state index is 11.2. The summed E-state index contributed by atoms with van der Waals surface area (Å²) < 4.78 is 0. The molecular formula is C14H22N2O. The summed E-state index contributed by atoms with van der Waals surface area (Å²) in [6.45, 7) is 4.20. The van der Waals surface area contributed by atoms with E-state index in [1.54, 1.807) is 0 Å². The van der Waals surface area contributed by atoms with Crippen LogP contribution < -0.4 is 11.1 Å². The highest BCUT2D eigenvalue weighted by Crippen LogP contribution is 2.14. The molecule has 17 heavy (non-hydrogen) atoms. The van der Waals surface area contributed by atoms with E-state index in [1.807, 2.05) is 6.92 Å². The monoisotopic (exact) mass is 234 g/mol. The lowest BCUT2D eigenvalue weighted by molar-refractivity contribution is -0.120. The summed E-state index contributed by atoms with van der Waals surface area (Å²) in [5.74, 6) is -0.118. The fourth-order valence-corrected chi connectivity index (χ4v) is 1.74. The van der Waals surface area contributed by atoms with Crippen molar-refractivity contribution in [3.63, 3.8) is 0 Å². The van der Waals surface area contributed by atoms with Crippen molar-refractivity contribution in [2.24, 2.45) is 5.73 Å². The molecule has 1 rings (SSSR count). The fourth-order valence-electron chi connectivity index (χ4n) is 1.74. The van der Waals surface area contributed by atoms with Crippen molar-refractivity contribution in [3.8, 4) is 0 Å². The van der Waals surface area contributed by atoms with Gasteiger partial charge in [0.05, 0.1) is 12.6 Å². The Hall–Kier alpha value is -1.35. The molecule has 3 heteroatoms. The Morgan fingerprint density at radius 1 is 1.35 bits per heavy atom. The molecule has 0 aliphatic heterocycles. The molecular weight excluding hydrogens is 212 g/mol. The molecule has 0 aromatic heterocycles. The van der Waals surface area contributed by atoms with Crippen LogP contribution in [0.15, 0.2) is 24.3 Å². The zero-order valence-electron chi connectivity index (χ0n) is 10.7. The highest BCUT2D eigenvalue weighted by Gasteiger charge is 2.07. The van der Waals surface area contributed by atoms with Crippen molar-refractivity contribution in [3.05, 3.63) is 35.4 Å². The molecule has 0 fully saturated rings. The highest BCUT2D eigenvalue weighted by atomic mass is 16.1. The Balaban J connectivity index is 2.57. The van der Waals surface area contributed by atoms with E-state index in [0.29, 0.717) is 0 Å². The third-order valence-corrected chi connectivity index (χ3v) is 2.86. The van der Waals surface area contributed by atoms with Gasteiger partial charge in [-0.2, -0.15) is 0 Å². The molecule has 1 atom stereocenters. The molecule has 3 nitrogen and oxygen atoms in total. The Morgan fingerprint density at radius 2 is 2.00 bits per heavy atom. The van der Waals surface area contributed by atoms with Crippen molar-refractivity contribution < 1.29 is 4.79 Å². The lowest BCUT2D eigenvalue weighted by atomic mass is 10.0. The largest absolute Gasteiger partial charge is 0.348 e. The molecule has 94 valence electrons. The summed E-state index contributed by atoms with van der Waals surface area (Å²) in [4.78, 5) is 11.2. The molecule has 0 aliphatic carbocycles. The van der Waals surface area contributed by atoms with E-state index in [0.717, 1.165) is 12.0 Å². The molecule has 0 heterocycles. The molecule has 3 N–H and O–H groups in total. The molecule has 1 unspecified atom stereocenters. The molecule has 0 saturated heterocycles. The first-order valence-electron chi connectivity index (χ1n) is 6.25. The van der Waals surface area contributed by atoms with Gasteiger partial charge in [-0.25, -0.2) is 0 Å². The van der Waals surface area contributed by atoms with Gasteiger partial charge >= 0.3 is 0 Å². The van der Waals surface area contributed by atoms with Crippen molar-refractivity contribution in [1.29, 1.82) is 0 Å². The third-order valence-electron chi connectivity index (χ3n) is 2.86. The topological polar surface area (TPSA) is 55.1 Å². The lowest BCUT2D eigenvalue weighted by Gasteiger charge is -2.14. The van der Waals surface area contributed by atoms with Crippen LogP contribution in [0.4, 0.5) is 0 Å². The number of carbonyl (C=O) groups is 1. The van der Waals surface area contributed by atoms with E-state index >= 15 is 0 Å². The van der Waals surface area contributed by atoms with Gasteiger partial charge in [0.1, 0.15) is 0 Å². The predicted octanol–water partition coefficient (Wildman–Crippen LogP) is 2.17. The standard InChI is InChI=1S/C14H22N2O/c1-3-4-5-12-6-8-13(9-7-12)11(2)16-14(17)10-15/h6-9,11H,3-5,10,15H2,1-2H3,(H,16,17). The average Bonchev–Trinajstić information content (AvgIpc) is 2.36. The fraction of sp³-hybridized carbons (Fsp3) is 0.500. The minimum atomic E-state index is -0.118. The van der Waals surface area contributed by atoms with E-state index in [1.165, 1.54) is 18.4 Å². The summed E-state index contributed by atoms with van der Waals surface area (Å²) in [7, 11) is 0. The summed E-state index contributed by atoms with van der Waals surface area (Å²) in [6, 6.07) is 8.44. The average molecular weight is 234 g/mol. The number of carbonyl (C=O) groups excluding carboxylic acids is 1. The van der Waals surface area contributed by atoms with Gasteiger partial charge in [-0.3, -0.25) is 4.79 Å². The van der Waals surface area contributed by atoms with E-state index in [4.69, 9.17) is 5.73 Å². The summed E-state index contributed by atoms with van der Waals surface area (Å²) in [6.07, 6.45) is 3.56. The summed E-state index contributed by atoms with van der Waals surface area (Å²) in [5.41, 5.74) is 7.74. The minimum Gasteiger partial charge on any atom is -0.348 e. The van der Waals surface area contributed by atoms with Crippen LogP contribution in [-0.4, -0.2) is 12.5 Å². The second-order valence-electron chi connectivity index (χ2n) is 4.34. The Labute approximate surface area is 103 Å². The Bertz CT molecular complexity index is 346. The van der Waals surface area contributed by atoms with Gasteiger partial charge in [-0.1, -0.05) is 37.6 Å². The number of nitrogens with two attached hydrogens (primary N) is 1. The number of hydrogen-bond acceptors (Lipinski definition) is 2. The van der Waals surface area contributed by atoms with Gasteiger partial charge in [-0.15, -0.1) is 0 Å². The maximum Gasteiger partial charge on any atom is 0.234 e. The van der Waals surface area contributed by atoms with Crippen LogP contribution in [0.3, 0.4) is 0 Å². The number of nitrogens with one attached hydrogen (secondary N) is 1. The smallest absolute Gasteiger partial charge is 0.234 e. The Kier molecular flexibility index (Phi) is 5.70. The summed E-state index contributed by atoms with van der Waals surface area (Å²) >= 11 is 0. The number of amides is 1. The Morgan fingerprint density at radius 3 is 2.53 bits per heavy atom. The van der Waals surface area contributed by atoms with Crippen molar-refractivity contribution in [2.45, 2.75) is 39.2 Å². The number of unbranched alkanes of at least 4 members (excludes halogenated alkanes) is 1.